The molecule has 11 nitrogen and oxygen atoms in total. The smallest absolute Gasteiger partial charge is 0.409 e. The summed E-state index contributed by atoms with van der Waals surface area (Å²) in [4.78, 5) is 35.3. The molecule has 0 aliphatic rings. The first kappa shape index (κ1) is 30.5. The van der Waals surface area contributed by atoms with Gasteiger partial charge in [0.2, 0.25) is 5.91 Å². The van der Waals surface area contributed by atoms with Crippen molar-refractivity contribution in [2.75, 3.05) is 33.0 Å². The summed E-state index contributed by atoms with van der Waals surface area (Å²) in [5.74, 6) is -0.358. The largest absolute Gasteiger partial charge is 0.453 e. The number of carbonyl (C=O) groups excluding carboxylic acids is 2. The van der Waals surface area contributed by atoms with Gasteiger partial charge >= 0.3 is 16.4 Å². The monoisotopic (exact) mass is 595 g/mol. The summed E-state index contributed by atoms with van der Waals surface area (Å²) in [6.45, 7) is 1.95. The predicted octanol–water partition coefficient (Wildman–Crippen LogP) is 3.89. The molecular weight excluding hydrogens is 563 g/mol. The van der Waals surface area contributed by atoms with E-state index in [1.54, 1.807) is 23.5 Å². The number of amides is 2. The van der Waals surface area contributed by atoms with Gasteiger partial charge in [-0.15, -0.1) is 22.7 Å². The second-order valence-electron chi connectivity index (χ2n) is 9.06. The molecule has 0 aliphatic heterocycles. The molecule has 3 rings (SSSR count). The topological polar surface area (TPSA) is 141 Å². The zero-order valence-corrected chi connectivity index (χ0v) is 24.8. The highest BCUT2D eigenvalue weighted by Crippen LogP contribution is 2.31. The van der Waals surface area contributed by atoms with Crippen LogP contribution in [-0.4, -0.2) is 80.1 Å². The van der Waals surface area contributed by atoms with E-state index in [2.05, 4.69) is 5.32 Å². The number of thiazole rings is 1. The minimum Gasteiger partial charge on any atom is -0.453 e. The van der Waals surface area contributed by atoms with Crippen molar-refractivity contribution in [1.29, 1.82) is 0 Å². The zero-order valence-electron chi connectivity index (χ0n) is 22.3. The molecule has 3 N–H and O–H groups in total. The van der Waals surface area contributed by atoms with Crippen LogP contribution in [0.1, 0.15) is 30.6 Å². The van der Waals surface area contributed by atoms with Crippen LogP contribution >= 0.6 is 22.7 Å². The Labute approximate surface area is 236 Å². The van der Waals surface area contributed by atoms with E-state index in [4.69, 9.17) is 14.3 Å². The van der Waals surface area contributed by atoms with Crippen LogP contribution in [0.15, 0.2) is 47.2 Å². The van der Waals surface area contributed by atoms with Gasteiger partial charge in [-0.2, -0.15) is 8.42 Å². The van der Waals surface area contributed by atoms with Crippen molar-refractivity contribution in [3.8, 4) is 9.88 Å². The molecule has 0 saturated carbocycles. The van der Waals surface area contributed by atoms with E-state index in [9.17, 15) is 18.0 Å². The predicted molar refractivity (Wildman–Crippen MR) is 153 cm³/mol. The molecule has 3 aromatic rings. The molecule has 14 heteroatoms. The maximum Gasteiger partial charge on any atom is 0.409 e. The summed E-state index contributed by atoms with van der Waals surface area (Å²) >= 11 is 3.04. The molecule has 1 aromatic carbocycles. The molecule has 0 aliphatic carbocycles. The third-order valence-corrected chi connectivity index (χ3v) is 8.56. The lowest BCUT2D eigenvalue weighted by Gasteiger charge is -2.36. The van der Waals surface area contributed by atoms with E-state index in [0.717, 1.165) is 15.4 Å². The third kappa shape index (κ3) is 8.22. The molecule has 3 atom stereocenters. The molecule has 0 fully saturated rings. The van der Waals surface area contributed by atoms with Gasteiger partial charge in [0, 0.05) is 18.5 Å². The molecule has 3 unspecified atom stereocenters. The summed E-state index contributed by atoms with van der Waals surface area (Å²) in [5, 5.41) is 7.80. The molecule has 2 heterocycles. The maximum absolute atomic E-state index is 13.8. The van der Waals surface area contributed by atoms with Gasteiger partial charge in [0.1, 0.15) is 11.0 Å². The number of anilines is 1. The van der Waals surface area contributed by atoms with E-state index >= 15 is 0 Å². The number of nitrogens with zero attached hydrogens (tertiary/aromatic N) is 3. The second-order valence-corrected chi connectivity index (χ2v) is 12.0. The van der Waals surface area contributed by atoms with Crippen molar-refractivity contribution in [2.24, 2.45) is 0 Å². The van der Waals surface area contributed by atoms with Gasteiger partial charge in [-0.05, 0) is 56.1 Å². The van der Waals surface area contributed by atoms with Crippen LogP contribution in [0.5, 0.6) is 0 Å². The van der Waals surface area contributed by atoms with Crippen LogP contribution in [0.4, 0.5) is 10.5 Å². The SMILES string of the molecule is CCC(C(C(=O)NC(Cc1ccc(NS(=O)(=O)O)cc1)c1csc(-c2cccs2)n1)N(C)C(=O)OC)N(C)C. The van der Waals surface area contributed by atoms with E-state index in [1.807, 2.05) is 53.5 Å². The Balaban J connectivity index is 1.94. The van der Waals surface area contributed by atoms with E-state index in [0.29, 0.717) is 18.5 Å². The molecular formula is C25H33N5O6S3. The molecule has 39 heavy (non-hydrogen) atoms. The second kappa shape index (κ2) is 13.3. The van der Waals surface area contributed by atoms with Gasteiger partial charge in [-0.1, -0.05) is 25.1 Å². The molecule has 212 valence electrons. The summed E-state index contributed by atoms with van der Waals surface area (Å²) in [6.07, 6.45) is 0.333. The Morgan fingerprint density at radius 2 is 1.82 bits per heavy atom. The Kier molecular flexibility index (Phi) is 10.4. The van der Waals surface area contributed by atoms with Crippen LogP contribution in [0, 0.1) is 0 Å². The highest BCUT2D eigenvalue weighted by molar-refractivity contribution is 7.87. The fourth-order valence-electron chi connectivity index (χ4n) is 4.28. The highest BCUT2D eigenvalue weighted by Gasteiger charge is 2.36. The highest BCUT2D eigenvalue weighted by atomic mass is 32.2. The molecule has 0 saturated heterocycles. The summed E-state index contributed by atoms with van der Waals surface area (Å²) in [6, 6.07) is 8.71. The first-order valence-corrected chi connectivity index (χ1v) is 15.2. The van der Waals surface area contributed by atoms with Crippen LogP contribution < -0.4 is 10.0 Å². The minimum absolute atomic E-state index is 0.201. The lowest BCUT2D eigenvalue weighted by atomic mass is 9.99. The van der Waals surface area contributed by atoms with Crippen molar-refractivity contribution in [3.63, 3.8) is 0 Å². The van der Waals surface area contributed by atoms with Crippen LogP contribution in [0.3, 0.4) is 0 Å². The number of methoxy groups -OCH3 is 1. The number of aromatic nitrogens is 1. The van der Waals surface area contributed by atoms with Gasteiger partial charge in [-0.3, -0.25) is 19.0 Å². The molecule has 2 amide bonds. The van der Waals surface area contributed by atoms with Crippen molar-refractivity contribution >= 4 is 50.7 Å². The molecule has 0 spiro atoms. The van der Waals surface area contributed by atoms with Crippen LogP contribution in [-0.2, 0) is 26.3 Å². The number of hydrogen-bond acceptors (Lipinski definition) is 9. The van der Waals surface area contributed by atoms with Crippen LogP contribution in [0.2, 0.25) is 0 Å². The van der Waals surface area contributed by atoms with E-state index in [-0.39, 0.29) is 17.6 Å². The summed E-state index contributed by atoms with van der Waals surface area (Å²) in [5.41, 5.74) is 1.66. The van der Waals surface area contributed by atoms with Gasteiger partial charge in [0.25, 0.3) is 0 Å². The van der Waals surface area contributed by atoms with Gasteiger partial charge in [0.05, 0.1) is 29.4 Å². The Morgan fingerprint density at radius 3 is 2.36 bits per heavy atom. The average Bonchev–Trinajstić information content (AvgIpc) is 3.58. The van der Waals surface area contributed by atoms with Crippen LogP contribution in [0.25, 0.3) is 9.88 Å². The van der Waals surface area contributed by atoms with Gasteiger partial charge < -0.3 is 15.0 Å². The Morgan fingerprint density at radius 1 is 1.13 bits per heavy atom. The number of carbonyl (C=O) groups is 2. The van der Waals surface area contributed by atoms with Crippen molar-refractivity contribution in [1.82, 2.24) is 20.1 Å². The first-order chi connectivity index (χ1) is 18.4. The number of hydrogen-bond donors (Lipinski definition) is 3. The lowest BCUT2D eigenvalue weighted by Crippen LogP contribution is -2.58. The summed E-state index contributed by atoms with van der Waals surface area (Å²) in [7, 11) is 2.12. The lowest BCUT2D eigenvalue weighted by molar-refractivity contribution is -0.128. The Hall–Kier alpha value is -3.04. The Bertz CT molecular complexity index is 1340. The quantitative estimate of drug-likeness (QED) is 0.268. The maximum atomic E-state index is 13.8. The zero-order chi connectivity index (χ0) is 28.7. The fourth-order valence-corrected chi connectivity index (χ4v) is 6.40. The molecule has 2 aromatic heterocycles. The number of benzene rings is 1. The van der Waals surface area contributed by atoms with Crippen molar-refractivity contribution < 1.29 is 27.3 Å². The summed E-state index contributed by atoms with van der Waals surface area (Å²) < 4.78 is 38.2. The standard InChI is InChI=1S/C25H33N5O6S3/c1-6-20(29(2)3)22(30(4)25(32)36-5)23(31)26-18(19-15-38-24(27-19)21-8-7-13-37-21)14-16-9-11-17(12-10-16)28-39(33,34)35/h7-13,15,18,20,22,28H,6,14H2,1-5H3,(H,26,31)(H,33,34,35). The number of likely N-dealkylation sites (N-methyl/N-ethyl adjacent to an activating group) is 2. The number of nitrogens with one attached hydrogen (secondary N) is 2. The molecule has 0 bridgehead atoms. The van der Waals surface area contributed by atoms with Gasteiger partial charge in [0.15, 0.2) is 0 Å². The molecule has 0 radical (unpaired) electrons. The first-order valence-electron chi connectivity index (χ1n) is 12.0. The van der Waals surface area contributed by atoms with Crippen molar-refractivity contribution in [2.45, 2.75) is 37.9 Å². The normalized spacial score (nSPS) is 13.9. The minimum atomic E-state index is -4.40. The number of rotatable bonds is 12. The van der Waals surface area contributed by atoms with Crippen molar-refractivity contribution in [3.05, 3.63) is 58.4 Å². The van der Waals surface area contributed by atoms with E-state index in [1.165, 1.54) is 42.5 Å². The van der Waals surface area contributed by atoms with E-state index < -0.39 is 28.5 Å². The average molecular weight is 596 g/mol. The fraction of sp³-hybridized carbons (Fsp3) is 0.400. The van der Waals surface area contributed by atoms with Gasteiger partial charge in [-0.25, -0.2) is 9.78 Å². The third-order valence-electron chi connectivity index (χ3n) is 6.16. The number of ether oxygens (including phenoxy) is 1. The number of thiophene rings is 1.